The maximum atomic E-state index is 5.95. The van der Waals surface area contributed by atoms with Crippen molar-refractivity contribution in [3.8, 4) is 0 Å². The molecule has 1 heterocycles. The first-order chi connectivity index (χ1) is 7.80. The lowest BCUT2D eigenvalue weighted by Gasteiger charge is -2.23. The second-order valence-corrected chi connectivity index (χ2v) is 4.31. The van der Waals surface area contributed by atoms with Gasteiger partial charge < -0.3 is 10.1 Å². The monoisotopic (exact) mass is 224 g/mol. The third-order valence-corrected chi connectivity index (χ3v) is 2.86. The predicted octanol–water partition coefficient (Wildman–Crippen LogP) is 1.43. The zero-order valence-corrected chi connectivity index (χ0v) is 10.3. The molecule has 0 aromatic heterocycles. The molecule has 16 heavy (non-hydrogen) atoms. The van der Waals surface area contributed by atoms with E-state index < -0.39 is 0 Å². The summed E-state index contributed by atoms with van der Waals surface area (Å²) < 4.78 is 5.95. The summed E-state index contributed by atoms with van der Waals surface area (Å²) in [5, 5.41) is 3.16. The molecule has 0 spiro atoms. The maximum absolute atomic E-state index is 5.95. The Labute approximate surface area is 99.2 Å². The van der Waals surface area contributed by atoms with Crippen LogP contribution in [0.5, 0.6) is 0 Å². The third kappa shape index (κ3) is 4.47. The highest BCUT2D eigenvalue weighted by atomic mass is 16.5. The lowest BCUT2D eigenvalue weighted by Crippen LogP contribution is -2.34. The molecule has 2 atom stereocenters. The summed E-state index contributed by atoms with van der Waals surface area (Å²) in [7, 11) is 1.97. The minimum atomic E-state index is 0.373. The number of nitrogens with one attached hydrogen (secondary N) is 1. The highest BCUT2D eigenvalue weighted by molar-refractivity contribution is 4.84. The average Bonchev–Trinajstić information content (AvgIpc) is 2.67. The van der Waals surface area contributed by atoms with E-state index in [1.54, 1.807) is 0 Å². The van der Waals surface area contributed by atoms with Crippen molar-refractivity contribution in [2.75, 3.05) is 33.2 Å². The van der Waals surface area contributed by atoms with E-state index in [0.29, 0.717) is 12.2 Å². The maximum Gasteiger partial charge on any atom is 0.0707 e. The lowest BCUT2D eigenvalue weighted by atomic mass is 10.2. The van der Waals surface area contributed by atoms with Crippen molar-refractivity contribution in [1.29, 1.82) is 0 Å². The molecule has 92 valence electrons. The number of ether oxygens (including phenoxy) is 1. The van der Waals surface area contributed by atoms with Crippen LogP contribution in [-0.2, 0) is 4.74 Å². The van der Waals surface area contributed by atoms with Crippen molar-refractivity contribution in [1.82, 2.24) is 10.2 Å². The van der Waals surface area contributed by atoms with Gasteiger partial charge in [-0.2, -0.15) is 0 Å². The molecule has 1 N–H and O–H groups in total. The molecule has 0 aromatic carbocycles. The molecular weight excluding hydrogens is 200 g/mol. The first-order valence-corrected chi connectivity index (χ1v) is 6.04. The highest BCUT2D eigenvalue weighted by Crippen LogP contribution is 2.19. The zero-order chi connectivity index (χ0) is 11.8. The first-order valence-electron chi connectivity index (χ1n) is 6.04. The van der Waals surface area contributed by atoms with Crippen molar-refractivity contribution < 1.29 is 4.74 Å². The van der Waals surface area contributed by atoms with Crippen LogP contribution >= 0.6 is 0 Å². The fourth-order valence-corrected chi connectivity index (χ4v) is 2.17. The Morgan fingerprint density at radius 1 is 1.25 bits per heavy atom. The fraction of sp³-hybridized carbons (Fsp3) is 0.692. The van der Waals surface area contributed by atoms with E-state index in [2.05, 4.69) is 23.4 Å². The Kier molecular flexibility index (Phi) is 6.38. The summed E-state index contributed by atoms with van der Waals surface area (Å²) in [6, 6.07) is 0. The van der Waals surface area contributed by atoms with E-state index in [9.17, 15) is 0 Å². The van der Waals surface area contributed by atoms with E-state index in [1.165, 1.54) is 6.42 Å². The Balaban J connectivity index is 2.29. The standard InChI is InChI=1S/C13H24N2O/c1-4-8-15(9-5-2)11-13-7-6-12(16-13)10-14-3/h4-5,12-14H,1-2,6-11H2,3H3. The van der Waals surface area contributed by atoms with Crippen LogP contribution in [0.25, 0.3) is 0 Å². The van der Waals surface area contributed by atoms with Gasteiger partial charge in [-0.15, -0.1) is 13.2 Å². The molecule has 0 saturated carbocycles. The molecule has 2 unspecified atom stereocenters. The van der Waals surface area contributed by atoms with Gasteiger partial charge in [-0.05, 0) is 19.9 Å². The largest absolute Gasteiger partial charge is 0.372 e. The molecule has 0 amide bonds. The summed E-state index contributed by atoms with van der Waals surface area (Å²) >= 11 is 0. The molecule has 1 saturated heterocycles. The van der Waals surface area contributed by atoms with Gasteiger partial charge in [0.25, 0.3) is 0 Å². The number of nitrogens with zero attached hydrogens (tertiary/aromatic N) is 1. The van der Waals surface area contributed by atoms with Crippen LogP contribution in [0.15, 0.2) is 25.3 Å². The van der Waals surface area contributed by atoms with Gasteiger partial charge in [0, 0.05) is 26.2 Å². The van der Waals surface area contributed by atoms with Crippen molar-refractivity contribution in [2.45, 2.75) is 25.0 Å². The quantitative estimate of drug-likeness (QED) is 0.631. The molecule has 3 nitrogen and oxygen atoms in total. The van der Waals surface area contributed by atoms with Crippen molar-refractivity contribution >= 4 is 0 Å². The molecule has 0 aliphatic carbocycles. The number of rotatable bonds is 8. The number of hydrogen-bond donors (Lipinski definition) is 1. The van der Waals surface area contributed by atoms with Crippen LogP contribution in [0, 0.1) is 0 Å². The Hall–Kier alpha value is -0.640. The van der Waals surface area contributed by atoms with E-state index in [4.69, 9.17) is 4.74 Å². The summed E-state index contributed by atoms with van der Waals surface area (Å²) in [4.78, 5) is 2.31. The summed E-state index contributed by atoms with van der Waals surface area (Å²) in [5.41, 5.74) is 0. The van der Waals surface area contributed by atoms with E-state index in [-0.39, 0.29) is 0 Å². The highest BCUT2D eigenvalue weighted by Gasteiger charge is 2.25. The molecule has 0 radical (unpaired) electrons. The normalized spacial score (nSPS) is 24.9. The van der Waals surface area contributed by atoms with Crippen LogP contribution in [0.3, 0.4) is 0 Å². The smallest absolute Gasteiger partial charge is 0.0707 e. The Bertz CT molecular complexity index is 208. The van der Waals surface area contributed by atoms with Crippen LogP contribution < -0.4 is 5.32 Å². The van der Waals surface area contributed by atoms with E-state index >= 15 is 0 Å². The molecule has 1 rings (SSSR count). The van der Waals surface area contributed by atoms with Crippen molar-refractivity contribution in [2.24, 2.45) is 0 Å². The van der Waals surface area contributed by atoms with Crippen molar-refractivity contribution in [3.05, 3.63) is 25.3 Å². The first kappa shape index (κ1) is 13.4. The van der Waals surface area contributed by atoms with Crippen LogP contribution in [-0.4, -0.2) is 50.3 Å². The third-order valence-electron chi connectivity index (χ3n) is 2.86. The van der Waals surface area contributed by atoms with Gasteiger partial charge >= 0.3 is 0 Å². The number of hydrogen-bond acceptors (Lipinski definition) is 3. The molecular formula is C13H24N2O. The van der Waals surface area contributed by atoms with Crippen LogP contribution in [0.2, 0.25) is 0 Å². The molecule has 0 bridgehead atoms. The second kappa shape index (κ2) is 7.60. The van der Waals surface area contributed by atoms with Gasteiger partial charge in [0.05, 0.1) is 12.2 Å². The van der Waals surface area contributed by atoms with Gasteiger partial charge in [-0.3, -0.25) is 4.90 Å². The second-order valence-electron chi connectivity index (χ2n) is 4.31. The molecule has 1 aliphatic rings. The van der Waals surface area contributed by atoms with E-state index in [0.717, 1.165) is 32.6 Å². The molecule has 0 aromatic rings. The van der Waals surface area contributed by atoms with Gasteiger partial charge in [0.15, 0.2) is 0 Å². The number of likely N-dealkylation sites (N-methyl/N-ethyl adjacent to an activating group) is 1. The summed E-state index contributed by atoms with van der Waals surface area (Å²) in [5.74, 6) is 0. The zero-order valence-electron chi connectivity index (χ0n) is 10.3. The average molecular weight is 224 g/mol. The Morgan fingerprint density at radius 2 is 1.88 bits per heavy atom. The minimum Gasteiger partial charge on any atom is -0.372 e. The topological polar surface area (TPSA) is 24.5 Å². The van der Waals surface area contributed by atoms with Gasteiger partial charge in [0.2, 0.25) is 0 Å². The van der Waals surface area contributed by atoms with Crippen LogP contribution in [0.1, 0.15) is 12.8 Å². The lowest BCUT2D eigenvalue weighted by molar-refractivity contribution is 0.0282. The minimum absolute atomic E-state index is 0.373. The van der Waals surface area contributed by atoms with Gasteiger partial charge in [0.1, 0.15) is 0 Å². The fourth-order valence-electron chi connectivity index (χ4n) is 2.17. The summed E-state index contributed by atoms with van der Waals surface area (Å²) in [6.07, 6.45) is 6.97. The molecule has 3 heteroatoms. The van der Waals surface area contributed by atoms with Gasteiger partial charge in [-0.25, -0.2) is 0 Å². The molecule has 1 aliphatic heterocycles. The Morgan fingerprint density at radius 3 is 2.44 bits per heavy atom. The van der Waals surface area contributed by atoms with Gasteiger partial charge in [-0.1, -0.05) is 12.2 Å². The van der Waals surface area contributed by atoms with E-state index in [1.807, 2.05) is 19.2 Å². The summed E-state index contributed by atoms with van der Waals surface area (Å²) in [6.45, 7) is 11.3. The van der Waals surface area contributed by atoms with Crippen LogP contribution in [0.4, 0.5) is 0 Å². The predicted molar refractivity (Wildman–Crippen MR) is 68.7 cm³/mol. The van der Waals surface area contributed by atoms with Crippen molar-refractivity contribution in [3.63, 3.8) is 0 Å². The SMILES string of the molecule is C=CCN(CC=C)CC1CCC(CNC)O1. The molecule has 1 fully saturated rings.